The van der Waals surface area contributed by atoms with Crippen molar-refractivity contribution in [3.8, 4) is 5.75 Å². The van der Waals surface area contributed by atoms with Crippen molar-refractivity contribution in [2.45, 2.75) is 24.8 Å². The van der Waals surface area contributed by atoms with Gasteiger partial charge in [0, 0.05) is 11.4 Å². The molecule has 0 radical (unpaired) electrons. The molecule has 0 spiro atoms. The number of aryl methyl sites for hydroxylation is 1. The van der Waals surface area contributed by atoms with E-state index in [1.807, 2.05) is 18.4 Å². The zero-order chi connectivity index (χ0) is 15.5. The topological polar surface area (TPSA) is 81.4 Å². The van der Waals surface area contributed by atoms with Crippen molar-refractivity contribution in [3.63, 3.8) is 0 Å². The third-order valence-electron chi connectivity index (χ3n) is 3.15. The van der Waals surface area contributed by atoms with E-state index in [-0.39, 0.29) is 11.4 Å². The number of methoxy groups -OCH3 is 1. The van der Waals surface area contributed by atoms with Crippen LogP contribution in [-0.2, 0) is 23.0 Å². The summed E-state index contributed by atoms with van der Waals surface area (Å²) < 4.78 is 32.2. The second kappa shape index (κ2) is 6.46. The first-order chi connectivity index (χ1) is 9.97. The predicted octanol–water partition coefficient (Wildman–Crippen LogP) is 2.38. The van der Waals surface area contributed by atoms with E-state index in [0.717, 1.165) is 16.9 Å². The SMILES string of the molecule is CCc1ccsc1CNS(=O)(=O)c1ccc(OC)c(N)c1. The molecule has 7 heteroatoms. The van der Waals surface area contributed by atoms with Crippen molar-refractivity contribution in [1.29, 1.82) is 0 Å². The van der Waals surface area contributed by atoms with Crippen LogP contribution in [0.4, 0.5) is 5.69 Å². The smallest absolute Gasteiger partial charge is 0.240 e. The molecule has 1 aromatic heterocycles. The zero-order valence-corrected chi connectivity index (χ0v) is 13.6. The summed E-state index contributed by atoms with van der Waals surface area (Å²) in [7, 11) is -2.10. The molecule has 0 atom stereocenters. The number of anilines is 1. The van der Waals surface area contributed by atoms with Crippen LogP contribution in [0.1, 0.15) is 17.4 Å². The Labute approximate surface area is 128 Å². The highest BCUT2D eigenvalue weighted by molar-refractivity contribution is 7.89. The third-order valence-corrected chi connectivity index (χ3v) is 5.51. The first-order valence-electron chi connectivity index (χ1n) is 6.46. The quantitative estimate of drug-likeness (QED) is 0.799. The van der Waals surface area contributed by atoms with E-state index in [2.05, 4.69) is 4.72 Å². The van der Waals surface area contributed by atoms with Crippen LogP contribution in [-0.4, -0.2) is 15.5 Å². The monoisotopic (exact) mass is 326 g/mol. The molecular formula is C14H18N2O3S2. The zero-order valence-electron chi connectivity index (χ0n) is 11.9. The Morgan fingerprint density at radius 3 is 2.71 bits per heavy atom. The molecule has 0 unspecified atom stereocenters. The molecule has 21 heavy (non-hydrogen) atoms. The van der Waals surface area contributed by atoms with Gasteiger partial charge in [0.05, 0.1) is 17.7 Å². The number of benzene rings is 1. The average molecular weight is 326 g/mol. The number of nitrogens with two attached hydrogens (primary N) is 1. The van der Waals surface area contributed by atoms with Crippen molar-refractivity contribution >= 4 is 27.0 Å². The van der Waals surface area contributed by atoms with E-state index >= 15 is 0 Å². The Morgan fingerprint density at radius 1 is 1.33 bits per heavy atom. The maximum absolute atomic E-state index is 12.3. The molecule has 114 valence electrons. The van der Waals surface area contributed by atoms with Gasteiger partial charge in [-0.1, -0.05) is 6.92 Å². The van der Waals surface area contributed by atoms with Crippen LogP contribution in [0.25, 0.3) is 0 Å². The molecule has 5 nitrogen and oxygen atoms in total. The lowest BCUT2D eigenvalue weighted by atomic mass is 10.2. The molecule has 0 saturated heterocycles. The van der Waals surface area contributed by atoms with Gasteiger partial charge in [0.1, 0.15) is 5.75 Å². The first kappa shape index (κ1) is 15.8. The van der Waals surface area contributed by atoms with Crippen LogP contribution in [0.15, 0.2) is 34.5 Å². The number of nitrogens with one attached hydrogen (secondary N) is 1. The van der Waals surface area contributed by atoms with Gasteiger partial charge in [0.25, 0.3) is 0 Å². The normalized spacial score (nSPS) is 11.5. The van der Waals surface area contributed by atoms with E-state index in [1.165, 1.54) is 19.2 Å². The summed E-state index contributed by atoms with van der Waals surface area (Å²) in [5.74, 6) is 0.459. The van der Waals surface area contributed by atoms with E-state index in [1.54, 1.807) is 17.4 Å². The minimum absolute atomic E-state index is 0.135. The molecule has 0 saturated carbocycles. The van der Waals surface area contributed by atoms with E-state index in [0.29, 0.717) is 11.4 Å². The highest BCUT2D eigenvalue weighted by Gasteiger charge is 2.16. The first-order valence-corrected chi connectivity index (χ1v) is 8.82. The molecule has 1 heterocycles. The minimum atomic E-state index is -3.59. The molecule has 0 aliphatic heterocycles. The van der Waals surface area contributed by atoms with Gasteiger partial charge >= 0.3 is 0 Å². The minimum Gasteiger partial charge on any atom is -0.495 e. The van der Waals surface area contributed by atoms with Crippen LogP contribution < -0.4 is 15.2 Å². The lowest BCUT2D eigenvalue weighted by Crippen LogP contribution is -2.23. The fourth-order valence-electron chi connectivity index (χ4n) is 1.96. The molecule has 0 aliphatic rings. The Kier molecular flexibility index (Phi) is 4.87. The number of nitrogen functional groups attached to an aromatic ring is 1. The second-order valence-corrected chi connectivity index (χ2v) is 7.22. The van der Waals surface area contributed by atoms with Gasteiger partial charge in [-0.05, 0) is 41.6 Å². The maximum Gasteiger partial charge on any atom is 0.240 e. The molecule has 1 aromatic carbocycles. The number of hydrogen-bond donors (Lipinski definition) is 2. The van der Waals surface area contributed by atoms with Crippen molar-refractivity contribution in [2.24, 2.45) is 0 Å². The maximum atomic E-state index is 12.3. The van der Waals surface area contributed by atoms with Crippen LogP contribution >= 0.6 is 11.3 Å². The summed E-state index contributed by atoms with van der Waals surface area (Å²) in [5, 5.41) is 1.97. The Bertz CT molecular complexity index is 724. The van der Waals surface area contributed by atoms with E-state index in [9.17, 15) is 8.42 Å². The summed E-state index contributed by atoms with van der Waals surface area (Å²) in [4.78, 5) is 1.16. The van der Waals surface area contributed by atoms with Crippen LogP contribution in [0.5, 0.6) is 5.75 Å². The van der Waals surface area contributed by atoms with Crippen LogP contribution in [0, 0.1) is 0 Å². The van der Waals surface area contributed by atoms with E-state index < -0.39 is 10.0 Å². The highest BCUT2D eigenvalue weighted by atomic mass is 32.2. The number of thiophene rings is 1. The average Bonchev–Trinajstić information content (AvgIpc) is 2.92. The van der Waals surface area contributed by atoms with Gasteiger partial charge in [-0.15, -0.1) is 11.3 Å². The molecule has 3 N–H and O–H groups in total. The molecule has 2 rings (SSSR count). The lowest BCUT2D eigenvalue weighted by molar-refractivity contribution is 0.416. The molecule has 2 aromatic rings. The van der Waals surface area contributed by atoms with Gasteiger partial charge in [-0.25, -0.2) is 13.1 Å². The van der Waals surface area contributed by atoms with Crippen molar-refractivity contribution in [3.05, 3.63) is 40.1 Å². The Balaban J connectivity index is 2.17. The number of rotatable bonds is 6. The highest BCUT2D eigenvalue weighted by Crippen LogP contribution is 2.24. The van der Waals surface area contributed by atoms with Crippen LogP contribution in [0.2, 0.25) is 0 Å². The van der Waals surface area contributed by atoms with Gasteiger partial charge in [0.2, 0.25) is 10.0 Å². The van der Waals surface area contributed by atoms with Crippen molar-refractivity contribution in [1.82, 2.24) is 4.72 Å². The van der Waals surface area contributed by atoms with Gasteiger partial charge < -0.3 is 10.5 Å². The lowest BCUT2D eigenvalue weighted by Gasteiger charge is -2.09. The molecule has 0 fully saturated rings. The molecular weight excluding hydrogens is 308 g/mol. The summed E-state index contributed by atoms with van der Waals surface area (Å²) in [5.41, 5.74) is 7.21. The summed E-state index contributed by atoms with van der Waals surface area (Å²) in [6.45, 7) is 2.33. The summed E-state index contributed by atoms with van der Waals surface area (Å²) >= 11 is 1.55. The summed E-state index contributed by atoms with van der Waals surface area (Å²) in [6, 6.07) is 6.44. The largest absolute Gasteiger partial charge is 0.495 e. The van der Waals surface area contributed by atoms with E-state index in [4.69, 9.17) is 10.5 Å². The molecule has 0 amide bonds. The Hall–Kier alpha value is -1.57. The number of ether oxygens (including phenoxy) is 1. The van der Waals surface area contributed by atoms with Crippen molar-refractivity contribution < 1.29 is 13.2 Å². The van der Waals surface area contributed by atoms with Gasteiger partial charge in [-0.3, -0.25) is 0 Å². The number of sulfonamides is 1. The van der Waals surface area contributed by atoms with Gasteiger partial charge in [-0.2, -0.15) is 0 Å². The fraction of sp³-hybridized carbons (Fsp3) is 0.286. The van der Waals surface area contributed by atoms with Crippen LogP contribution in [0.3, 0.4) is 0 Å². The fourth-order valence-corrected chi connectivity index (χ4v) is 4.00. The standard InChI is InChI=1S/C14H18N2O3S2/c1-3-10-6-7-20-14(10)9-16-21(17,18)11-4-5-13(19-2)12(15)8-11/h4-8,16H,3,9,15H2,1-2H3. The number of hydrogen-bond acceptors (Lipinski definition) is 5. The Morgan fingerprint density at radius 2 is 2.10 bits per heavy atom. The summed E-state index contributed by atoms with van der Waals surface area (Å²) in [6.07, 6.45) is 0.885. The van der Waals surface area contributed by atoms with Gasteiger partial charge in [0.15, 0.2) is 0 Å². The third kappa shape index (κ3) is 3.55. The molecule has 0 aliphatic carbocycles. The van der Waals surface area contributed by atoms with Crippen molar-refractivity contribution in [2.75, 3.05) is 12.8 Å². The molecule has 0 bridgehead atoms. The predicted molar refractivity (Wildman–Crippen MR) is 85.1 cm³/mol. The second-order valence-electron chi connectivity index (χ2n) is 4.45.